The van der Waals surface area contributed by atoms with E-state index in [9.17, 15) is 0 Å². The van der Waals surface area contributed by atoms with Crippen LogP contribution in [0.3, 0.4) is 0 Å². The molecule has 3 nitrogen and oxygen atoms in total. The predicted octanol–water partition coefficient (Wildman–Crippen LogP) is 2.60. The van der Waals surface area contributed by atoms with Gasteiger partial charge in [-0.2, -0.15) is 0 Å². The van der Waals surface area contributed by atoms with Gasteiger partial charge in [0.15, 0.2) is 0 Å². The molecule has 0 radical (unpaired) electrons. The molecule has 0 amide bonds. The molecule has 0 spiro atoms. The van der Waals surface area contributed by atoms with Crippen molar-refractivity contribution in [1.82, 2.24) is 0 Å². The Labute approximate surface area is 93.1 Å². The van der Waals surface area contributed by atoms with Crippen LogP contribution in [0.1, 0.15) is 39.5 Å². The number of rotatable bonds is 7. The normalized spacial score (nSPS) is 10.4. The summed E-state index contributed by atoms with van der Waals surface area (Å²) in [5, 5.41) is 16.6. The van der Waals surface area contributed by atoms with Gasteiger partial charge >= 0.3 is 0 Å². The van der Waals surface area contributed by atoms with E-state index < -0.39 is 0 Å². The second-order valence-electron chi connectivity index (χ2n) is 2.94. The second-order valence-corrected chi connectivity index (χ2v) is 2.94. The van der Waals surface area contributed by atoms with Gasteiger partial charge in [0, 0.05) is 13.2 Å². The minimum atomic E-state index is 0.283. The van der Waals surface area contributed by atoms with Crippen molar-refractivity contribution in [2.75, 3.05) is 13.2 Å². The van der Waals surface area contributed by atoms with Crippen LogP contribution in [0.4, 0.5) is 0 Å². The summed E-state index contributed by atoms with van der Waals surface area (Å²) in [5.41, 5.74) is 0. The summed E-state index contributed by atoms with van der Waals surface area (Å²) >= 11 is 0. The van der Waals surface area contributed by atoms with Gasteiger partial charge in [0.05, 0.1) is 12.5 Å². The highest BCUT2D eigenvalue weighted by molar-refractivity contribution is 4.73. The van der Waals surface area contributed by atoms with Crippen molar-refractivity contribution in [3.8, 4) is 0 Å². The Balaban J connectivity index is 0. The molecule has 0 rings (SSSR count). The standard InChI is InChI=1S/C6H14O2.C6H10O/c7-5-3-1-2-4-6-8;1-3-5-7-6-4-2/h7-8H,1-6H2;3-6H,1-2H3. The van der Waals surface area contributed by atoms with Crippen molar-refractivity contribution in [3.63, 3.8) is 0 Å². The summed E-state index contributed by atoms with van der Waals surface area (Å²) in [6.45, 7) is 4.38. The maximum Gasteiger partial charge on any atom is 0.0858 e. The molecule has 0 aromatic carbocycles. The first-order chi connectivity index (χ1) is 7.33. The first-order valence-corrected chi connectivity index (χ1v) is 5.43. The Hall–Kier alpha value is -0.800. The van der Waals surface area contributed by atoms with Crippen molar-refractivity contribution in [2.24, 2.45) is 0 Å². The largest absolute Gasteiger partial charge is 0.473 e. The third-order valence-corrected chi connectivity index (χ3v) is 1.50. The zero-order valence-corrected chi connectivity index (χ0v) is 9.85. The van der Waals surface area contributed by atoms with Crippen molar-refractivity contribution in [1.29, 1.82) is 0 Å². The van der Waals surface area contributed by atoms with Gasteiger partial charge in [-0.25, -0.2) is 0 Å². The molecule has 0 unspecified atom stereocenters. The van der Waals surface area contributed by atoms with Gasteiger partial charge < -0.3 is 14.9 Å². The van der Waals surface area contributed by atoms with Crippen LogP contribution in [0.2, 0.25) is 0 Å². The maximum atomic E-state index is 8.30. The third-order valence-electron chi connectivity index (χ3n) is 1.50. The lowest BCUT2D eigenvalue weighted by Crippen LogP contribution is -1.85. The van der Waals surface area contributed by atoms with E-state index in [0.717, 1.165) is 25.7 Å². The molecule has 15 heavy (non-hydrogen) atoms. The fourth-order valence-electron chi connectivity index (χ4n) is 0.780. The number of hydrogen-bond donors (Lipinski definition) is 2. The quantitative estimate of drug-likeness (QED) is 0.508. The van der Waals surface area contributed by atoms with Gasteiger partial charge in [0.2, 0.25) is 0 Å². The molecule has 0 saturated carbocycles. The average Bonchev–Trinajstić information content (AvgIpc) is 2.26. The molecule has 2 N–H and O–H groups in total. The van der Waals surface area contributed by atoms with E-state index in [4.69, 9.17) is 14.9 Å². The minimum Gasteiger partial charge on any atom is -0.473 e. The highest BCUT2D eigenvalue weighted by Gasteiger charge is 1.84. The molecule has 0 aromatic rings. The number of unbranched alkanes of at least 4 members (excludes halogenated alkanes) is 3. The van der Waals surface area contributed by atoms with Gasteiger partial charge in [-0.05, 0) is 26.7 Å². The van der Waals surface area contributed by atoms with Crippen molar-refractivity contribution in [2.45, 2.75) is 39.5 Å². The van der Waals surface area contributed by atoms with E-state index in [0.29, 0.717) is 0 Å². The number of hydrogen-bond acceptors (Lipinski definition) is 3. The minimum absolute atomic E-state index is 0.283. The molecule has 0 saturated heterocycles. The molecule has 0 aliphatic heterocycles. The van der Waals surface area contributed by atoms with Crippen LogP contribution < -0.4 is 0 Å². The van der Waals surface area contributed by atoms with Gasteiger partial charge in [-0.1, -0.05) is 25.0 Å². The summed E-state index contributed by atoms with van der Waals surface area (Å²) in [5.74, 6) is 0. The monoisotopic (exact) mass is 216 g/mol. The predicted molar refractivity (Wildman–Crippen MR) is 63.4 cm³/mol. The van der Waals surface area contributed by atoms with Gasteiger partial charge in [-0.15, -0.1) is 0 Å². The van der Waals surface area contributed by atoms with Crippen LogP contribution in [0, 0.1) is 0 Å². The molecule has 0 heterocycles. The van der Waals surface area contributed by atoms with Crippen LogP contribution >= 0.6 is 0 Å². The van der Waals surface area contributed by atoms with Crippen LogP contribution in [0.25, 0.3) is 0 Å². The molecule has 0 bridgehead atoms. The molecule has 0 aliphatic rings. The van der Waals surface area contributed by atoms with Crippen molar-refractivity contribution < 1.29 is 14.9 Å². The maximum absolute atomic E-state index is 8.30. The lowest BCUT2D eigenvalue weighted by Gasteiger charge is -1.93. The number of aliphatic hydroxyl groups excluding tert-OH is 2. The Morgan fingerprint density at radius 1 is 0.800 bits per heavy atom. The molecule has 0 aromatic heterocycles. The Morgan fingerprint density at radius 3 is 1.47 bits per heavy atom. The summed E-state index contributed by atoms with van der Waals surface area (Å²) in [4.78, 5) is 0. The number of allylic oxidation sites excluding steroid dienone is 2. The second kappa shape index (κ2) is 18.9. The third kappa shape index (κ3) is 24.6. The van der Waals surface area contributed by atoms with E-state index in [1.165, 1.54) is 0 Å². The van der Waals surface area contributed by atoms with Crippen molar-refractivity contribution >= 4 is 0 Å². The molecular formula is C12H24O3. The van der Waals surface area contributed by atoms with E-state index in [-0.39, 0.29) is 13.2 Å². The first kappa shape index (κ1) is 16.6. The van der Waals surface area contributed by atoms with Gasteiger partial charge in [0.25, 0.3) is 0 Å². The Bertz CT molecular complexity index is 126. The summed E-state index contributed by atoms with van der Waals surface area (Å²) in [7, 11) is 0. The summed E-state index contributed by atoms with van der Waals surface area (Å²) < 4.78 is 4.77. The highest BCUT2D eigenvalue weighted by Crippen LogP contribution is 1.96. The number of aliphatic hydroxyl groups is 2. The van der Waals surface area contributed by atoms with E-state index in [2.05, 4.69) is 0 Å². The van der Waals surface area contributed by atoms with E-state index in [1.807, 2.05) is 26.0 Å². The molecule has 3 heteroatoms. The molecule has 0 aliphatic carbocycles. The molecule has 0 fully saturated rings. The Morgan fingerprint density at radius 2 is 1.20 bits per heavy atom. The zero-order chi connectivity index (χ0) is 11.8. The molecular weight excluding hydrogens is 192 g/mol. The summed E-state index contributed by atoms with van der Waals surface area (Å²) in [6, 6.07) is 0. The van der Waals surface area contributed by atoms with Crippen molar-refractivity contribution in [3.05, 3.63) is 24.7 Å². The van der Waals surface area contributed by atoms with E-state index >= 15 is 0 Å². The van der Waals surface area contributed by atoms with Crippen LogP contribution in [-0.4, -0.2) is 23.4 Å². The highest BCUT2D eigenvalue weighted by atomic mass is 16.5. The molecule has 0 atom stereocenters. The van der Waals surface area contributed by atoms with Crippen LogP contribution in [0.15, 0.2) is 24.7 Å². The Kier molecular flexibility index (Phi) is 20.9. The smallest absolute Gasteiger partial charge is 0.0858 e. The van der Waals surface area contributed by atoms with Crippen LogP contribution in [-0.2, 0) is 4.74 Å². The zero-order valence-electron chi connectivity index (χ0n) is 9.85. The fourth-order valence-corrected chi connectivity index (χ4v) is 0.780. The van der Waals surface area contributed by atoms with Gasteiger partial charge in [-0.3, -0.25) is 0 Å². The topological polar surface area (TPSA) is 49.7 Å². The SMILES string of the molecule is CC=COC=CC.OCCCCCCO. The fraction of sp³-hybridized carbons (Fsp3) is 0.667. The van der Waals surface area contributed by atoms with Crippen LogP contribution in [0.5, 0.6) is 0 Å². The lowest BCUT2D eigenvalue weighted by molar-refractivity contribution is 0.265. The van der Waals surface area contributed by atoms with E-state index in [1.54, 1.807) is 12.5 Å². The average molecular weight is 216 g/mol. The molecule has 90 valence electrons. The summed E-state index contributed by atoms with van der Waals surface area (Å²) in [6.07, 6.45) is 10.7. The number of ether oxygens (including phenoxy) is 1. The first-order valence-electron chi connectivity index (χ1n) is 5.43. The van der Waals surface area contributed by atoms with Gasteiger partial charge in [0.1, 0.15) is 0 Å². The lowest BCUT2D eigenvalue weighted by atomic mass is 10.2.